The van der Waals surface area contributed by atoms with Gasteiger partial charge in [0.25, 0.3) is 0 Å². The Labute approximate surface area is 116 Å². The van der Waals surface area contributed by atoms with Crippen molar-refractivity contribution < 1.29 is 4.74 Å². The monoisotopic (exact) mass is 259 g/mol. The number of benzene rings is 1. The van der Waals surface area contributed by atoms with E-state index in [2.05, 4.69) is 36.6 Å². The second kappa shape index (κ2) is 6.06. The average molecular weight is 259 g/mol. The van der Waals surface area contributed by atoms with Crippen LogP contribution in [0, 0.1) is 5.92 Å². The Bertz CT molecular complexity index is 411. The van der Waals surface area contributed by atoms with Crippen LogP contribution in [0.3, 0.4) is 0 Å². The lowest BCUT2D eigenvalue weighted by atomic mass is 9.77. The molecule has 104 valence electrons. The van der Waals surface area contributed by atoms with E-state index in [1.165, 1.54) is 49.7 Å². The maximum atomic E-state index is 5.76. The van der Waals surface area contributed by atoms with E-state index in [0.717, 1.165) is 12.5 Å². The molecule has 1 aliphatic carbocycles. The van der Waals surface area contributed by atoms with Crippen LogP contribution in [-0.4, -0.2) is 19.8 Å². The van der Waals surface area contributed by atoms with Gasteiger partial charge in [0.1, 0.15) is 0 Å². The molecule has 0 spiro atoms. The largest absolute Gasteiger partial charge is 0.378 e. The van der Waals surface area contributed by atoms with Gasteiger partial charge in [-0.1, -0.05) is 24.3 Å². The molecule has 2 aliphatic rings. The van der Waals surface area contributed by atoms with Gasteiger partial charge >= 0.3 is 0 Å². The van der Waals surface area contributed by atoms with E-state index in [0.29, 0.717) is 12.1 Å². The molecule has 1 aliphatic heterocycles. The summed E-state index contributed by atoms with van der Waals surface area (Å²) >= 11 is 0. The molecule has 1 aromatic rings. The van der Waals surface area contributed by atoms with Crippen LogP contribution >= 0.6 is 0 Å². The first kappa shape index (κ1) is 13.1. The highest BCUT2D eigenvalue weighted by atomic mass is 16.5. The van der Waals surface area contributed by atoms with Crippen molar-refractivity contribution in [2.75, 3.05) is 13.7 Å². The highest BCUT2D eigenvalue weighted by Gasteiger charge is 2.29. The van der Waals surface area contributed by atoms with E-state index in [9.17, 15) is 0 Å². The molecule has 3 rings (SSSR count). The van der Waals surface area contributed by atoms with Crippen LogP contribution in [-0.2, 0) is 11.2 Å². The van der Waals surface area contributed by atoms with Gasteiger partial charge in [-0.2, -0.15) is 0 Å². The van der Waals surface area contributed by atoms with Crippen LogP contribution < -0.4 is 5.32 Å². The zero-order valence-corrected chi connectivity index (χ0v) is 11.9. The van der Waals surface area contributed by atoms with Gasteiger partial charge in [-0.15, -0.1) is 0 Å². The second-order valence-electron chi connectivity index (χ2n) is 5.98. The second-order valence-corrected chi connectivity index (χ2v) is 5.98. The molecule has 0 radical (unpaired) electrons. The maximum Gasteiger partial charge on any atom is 0.0576 e. The summed E-state index contributed by atoms with van der Waals surface area (Å²) in [4.78, 5) is 0. The van der Waals surface area contributed by atoms with Crippen LogP contribution in [0.5, 0.6) is 0 Å². The topological polar surface area (TPSA) is 21.3 Å². The van der Waals surface area contributed by atoms with Gasteiger partial charge in [-0.3, -0.25) is 0 Å². The lowest BCUT2D eigenvalue weighted by Gasteiger charge is -2.34. The van der Waals surface area contributed by atoms with Gasteiger partial charge in [-0.25, -0.2) is 0 Å². The Morgan fingerprint density at radius 1 is 1.21 bits per heavy atom. The van der Waals surface area contributed by atoms with Gasteiger partial charge in [-0.05, 0) is 62.6 Å². The molecule has 3 unspecified atom stereocenters. The van der Waals surface area contributed by atoms with Gasteiger partial charge in [0.15, 0.2) is 0 Å². The molecular weight excluding hydrogens is 234 g/mol. The number of ether oxygens (including phenoxy) is 1. The molecule has 1 fully saturated rings. The van der Waals surface area contributed by atoms with E-state index in [1.54, 1.807) is 0 Å². The third-order valence-corrected chi connectivity index (χ3v) is 4.84. The summed E-state index contributed by atoms with van der Waals surface area (Å²) in [6.07, 6.45) is 8.16. The van der Waals surface area contributed by atoms with E-state index in [4.69, 9.17) is 4.74 Å². The van der Waals surface area contributed by atoms with E-state index in [1.807, 2.05) is 0 Å². The number of nitrogens with one attached hydrogen (secondary N) is 1. The van der Waals surface area contributed by atoms with E-state index < -0.39 is 0 Å². The summed E-state index contributed by atoms with van der Waals surface area (Å²) in [5, 5.41) is 3.54. The summed E-state index contributed by atoms with van der Waals surface area (Å²) in [6.45, 7) is 0.980. The van der Waals surface area contributed by atoms with Crippen LogP contribution in [0.15, 0.2) is 24.3 Å². The fourth-order valence-electron chi connectivity index (χ4n) is 3.80. The third-order valence-electron chi connectivity index (χ3n) is 4.84. The van der Waals surface area contributed by atoms with Crippen LogP contribution in [0.2, 0.25) is 0 Å². The first-order valence-corrected chi connectivity index (χ1v) is 7.75. The first-order chi connectivity index (χ1) is 9.38. The Kier molecular flexibility index (Phi) is 4.19. The standard InChI is InChI=1S/C17H25NO/c1-18-17-14(10-11-15-6-4-12-19-15)9-8-13-5-2-3-7-16(13)17/h2-3,5,7,14-15,17-18H,4,6,8-12H2,1H3. The Morgan fingerprint density at radius 3 is 2.89 bits per heavy atom. The normalized spacial score (nSPS) is 30.3. The van der Waals surface area contributed by atoms with E-state index in [-0.39, 0.29) is 0 Å². The zero-order chi connectivity index (χ0) is 13.1. The lowest BCUT2D eigenvalue weighted by Crippen LogP contribution is -2.30. The van der Waals surface area contributed by atoms with Crippen molar-refractivity contribution in [3.05, 3.63) is 35.4 Å². The molecular formula is C17H25NO. The van der Waals surface area contributed by atoms with E-state index >= 15 is 0 Å². The molecule has 0 amide bonds. The Hall–Kier alpha value is -0.860. The fraction of sp³-hybridized carbons (Fsp3) is 0.647. The summed E-state index contributed by atoms with van der Waals surface area (Å²) in [7, 11) is 2.10. The molecule has 3 atom stereocenters. The molecule has 1 N–H and O–H groups in total. The minimum Gasteiger partial charge on any atom is -0.378 e. The molecule has 1 aromatic carbocycles. The number of hydrogen-bond acceptors (Lipinski definition) is 2. The number of hydrogen-bond donors (Lipinski definition) is 1. The van der Waals surface area contributed by atoms with Crippen molar-refractivity contribution in [1.29, 1.82) is 0 Å². The molecule has 0 bridgehead atoms. The maximum absolute atomic E-state index is 5.76. The minimum absolute atomic E-state index is 0.534. The number of aryl methyl sites for hydroxylation is 1. The Morgan fingerprint density at radius 2 is 2.11 bits per heavy atom. The highest BCUT2D eigenvalue weighted by molar-refractivity contribution is 5.32. The summed E-state index contributed by atoms with van der Waals surface area (Å²) in [5.74, 6) is 0.768. The molecule has 2 nitrogen and oxygen atoms in total. The SMILES string of the molecule is CNC1c2ccccc2CCC1CCC1CCCO1. The zero-order valence-electron chi connectivity index (χ0n) is 11.9. The average Bonchev–Trinajstić information content (AvgIpc) is 2.97. The molecule has 2 heteroatoms. The summed E-state index contributed by atoms with van der Waals surface area (Å²) < 4.78 is 5.76. The molecule has 0 saturated carbocycles. The van der Waals surface area contributed by atoms with Crippen molar-refractivity contribution in [2.24, 2.45) is 5.92 Å². The molecule has 1 heterocycles. The highest BCUT2D eigenvalue weighted by Crippen LogP contribution is 2.37. The predicted octanol–water partition coefficient (Wildman–Crippen LogP) is 3.47. The Balaban J connectivity index is 1.65. The van der Waals surface area contributed by atoms with Crippen molar-refractivity contribution in [3.63, 3.8) is 0 Å². The van der Waals surface area contributed by atoms with Gasteiger partial charge in [0.05, 0.1) is 6.10 Å². The third kappa shape index (κ3) is 2.85. The number of fused-ring (bicyclic) bond motifs is 1. The predicted molar refractivity (Wildman–Crippen MR) is 78.3 cm³/mol. The van der Waals surface area contributed by atoms with Gasteiger partial charge in [0, 0.05) is 12.6 Å². The minimum atomic E-state index is 0.534. The quantitative estimate of drug-likeness (QED) is 0.894. The van der Waals surface area contributed by atoms with Crippen molar-refractivity contribution in [1.82, 2.24) is 5.32 Å². The van der Waals surface area contributed by atoms with Crippen LogP contribution in [0.4, 0.5) is 0 Å². The van der Waals surface area contributed by atoms with Crippen molar-refractivity contribution in [2.45, 2.75) is 50.7 Å². The van der Waals surface area contributed by atoms with Crippen LogP contribution in [0.25, 0.3) is 0 Å². The summed E-state index contributed by atoms with van der Waals surface area (Å²) in [6, 6.07) is 9.46. The molecule has 19 heavy (non-hydrogen) atoms. The lowest BCUT2D eigenvalue weighted by molar-refractivity contribution is 0.0947. The van der Waals surface area contributed by atoms with Gasteiger partial charge in [0.2, 0.25) is 0 Å². The number of rotatable bonds is 4. The van der Waals surface area contributed by atoms with Crippen molar-refractivity contribution in [3.8, 4) is 0 Å². The van der Waals surface area contributed by atoms with Crippen molar-refractivity contribution >= 4 is 0 Å². The fourth-order valence-corrected chi connectivity index (χ4v) is 3.80. The smallest absolute Gasteiger partial charge is 0.0576 e. The molecule has 1 saturated heterocycles. The summed E-state index contributed by atoms with van der Waals surface area (Å²) in [5.41, 5.74) is 3.06. The first-order valence-electron chi connectivity index (χ1n) is 7.75. The molecule has 0 aromatic heterocycles. The van der Waals surface area contributed by atoms with Gasteiger partial charge < -0.3 is 10.1 Å². The van der Waals surface area contributed by atoms with Crippen LogP contribution in [0.1, 0.15) is 49.3 Å².